The van der Waals surface area contributed by atoms with Crippen LogP contribution in [-0.4, -0.2) is 104 Å². The number of Topliss-reactive ketones (excluding diaryl/α,β-unsaturated/α-hetero) is 2. The van der Waals surface area contributed by atoms with Crippen LogP contribution in [-0.2, 0) is 60.8 Å². The zero-order valence-electron chi connectivity index (χ0n) is 28.5. The lowest BCUT2D eigenvalue weighted by Crippen LogP contribution is -2.45. The molecule has 0 aromatic heterocycles. The maximum absolute atomic E-state index is 12.9. The van der Waals surface area contributed by atoms with E-state index >= 15 is 0 Å². The van der Waals surface area contributed by atoms with Crippen molar-refractivity contribution in [1.29, 1.82) is 0 Å². The van der Waals surface area contributed by atoms with Gasteiger partial charge in [0.15, 0.2) is 5.78 Å². The summed E-state index contributed by atoms with van der Waals surface area (Å²) in [6, 6.07) is 4.67. The summed E-state index contributed by atoms with van der Waals surface area (Å²) in [5, 5.41) is 52.1. The van der Waals surface area contributed by atoms with Gasteiger partial charge in [0.2, 0.25) is 17.7 Å². The second kappa shape index (κ2) is 23.7. The van der Waals surface area contributed by atoms with Gasteiger partial charge in [-0.15, -0.1) is 0 Å². The fourth-order valence-electron chi connectivity index (χ4n) is 5.07. The zero-order valence-corrected chi connectivity index (χ0v) is 28.5. The number of benzene rings is 1. The third-order valence-electron chi connectivity index (χ3n) is 7.73. The highest BCUT2D eigenvalue weighted by Crippen LogP contribution is 2.17. The minimum absolute atomic E-state index is 0.00660. The van der Waals surface area contributed by atoms with Gasteiger partial charge in [-0.05, 0) is 36.8 Å². The van der Waals surface area contributed by atoms with Crippen LogP contribution in [0, 0.1) is 11.8 Å². The van der Waals surface area contributed by atoms with E-state index in [1.807, 2.05) is 5.32 Å². The van der Waals surface area contributed by atoms with E-state index in [1.54, 1.807) is 24.3 Å². The number of aliphatic carboxylic acids is 5. The zero-order chi connectivity index (χ0) is 39.2. The molecule has 3 atom stereocenters. The molecule has 0 aliphatic heterocycles. The topological polar surface area (TPSA) is 308 Å². The van der Waals surface area contributed by atoms with Gasteiger partial charge >= 0.3 is 29.8 Å². The number of rotatable bonds is 28. The van der Waals surface area contributed by atoms with E-state index in [0.717, 1.165) is 0 Å². The summed E-state index contributed by atoms with van der Waals surface area (Å²) in [7, 11) is 0. The minimum Gasteiger partial charge on any atom is -0.481 e. The Morgan fingerprint density at radius 1 is 0.558 bits per heavy atom. The Balaban J connectivity index is 2.59. The van der Waals surface area contributed by atoms with Crippen molar-refractivity contribution in [2.24, 2.45) is 11.8 Å². The lowest BCUT2D eigenvalue weighted by molar-refractivity contribution is -0.144. The molecule has 0 saturated carbocycles. The summed E-state index contributed by atoms with van der Waals surface area (Å²) in [4.78, 5) is 118. The van der Waals surface area contributed by atoms with E-state index in [1.165, 1.54) is 0 Å². The SMILES string of the molecule is O=C(O)CCCCC(=O)C[C@@H](CCCCNC(=O)Cc1ccc(CC(=O)N[C@@H](CC(=O)O)C(=O)C[C@@H](CC(=O)O)C(=O)NCC(=O)O)cc1)C(=O)O. The van der Waals surface area contributed by atoms with Crippen molar-refractivity contribution >= 4 is 59.1 Å². The molecule has 0 fully saturated rings. The second-order valence-electron chi connectivity index (χ2n) is 12.2. The molecule has 286 valence electrons. The van der Waals surface area contributed by atoms with Gasteiger partial charge in [-0.3, -0.25) is 47.9 Å². The van der Waals surface area contributed by atoms with Crippen molar-refractivity contribution in [2.75, 3.05) is 13.1 Å². The lowest BCUT2D eigenvalue weighted by Gasteiger charge is -2.19. The smallest absolute Gasteiger partial charge is 0.322 e. The van der Waals surface area contributed by atoms with Gasteiger partial charge in [0.1, 0.15) is 12.3 Å². The fraction of sp³-hybridized carbons (Fsp3) is 0.529. The molecule has 1 aromatic rings. The van der Waals surface area contributed by atoms with Crippen LogP contribution in [0.15, 0.2) is 24.3 Å². The molecule has 1 aromatic carbocycles. The molecule has 0 saturated heterocycles. The molecule has 0 radical (unpaired) electrons. The van der Waals surface area contributed by atoms with E-state index in [9.17, 15) is 58.2 Å². The Hall–Kier alpha value is -5.68. The summed E-state index contributed by atoms with van der Waals surface area (Å²) >= 11 is 0. The Morgan fingerprint density at radius 3 is 1.67 bits per heavy atom. The quantitative estimate of drug-likeness (QED) is 0.0546. The molecule has 1 rings (SSSR count). The van der Waals surface area contributed by atoms with E-state index in [0.29, 0.717) is 36.8 Å². The molecule has 3 amide bonds. The number of unbranched alkanes of at least 4 members (excludes halogenated alkanes) is 2. The first-order valence-corrected chi connectivity index (χ1v) is 16.5. The number of ketones is 2. The van der Waals surface area contributed by atoms with Crippen molar-refractivity contribution in [3.05, 3.63) is 35.4 Å². The van der Waals surface area contributed by atoms with E-state index in [2.05, 4.69) is 10.6 Å². The van der Waals surface area contributed by atoms with Gasteiger partial charge in [-0.1, -0.05) is 30.7 Å². The van der Waals surface area contributed by atoms with Crippen LogP contribution in [0.4, 0.5) is 0 Å². The van der Waals surface area contributed by atoms with Crippen molar-refractivity contribution < 1.29 is 73.5 Å². The maximum atomic E-state index is 12.9. The van der Waals surface area contributed by atoms with Gasteiger partial charge in [0, 0.05) is 32.2 Å². The predicted octanol–water partition coefficient (Wildman–Crippen LogP) is 0.574. The van der Waals surface area contributed by atoms with E-state index in [4.69, 9.17) is 15.3 Å². The normalized spacial score (nSPS) is 12.4. The monoisotopic (exact) mass is 735 g/mol. The largest absolute Gasteiger partial charge is 0.481 e. The molecule has 0 aliphatic rings. The van der Waals surface area contributed by atoms with Gasteiger partial charge in [-0.2, -0.15) is 0 Å². The molecular formula is C34H45N3O15. The Morgan fingerprint density at radius 2 is 1.13 bits per heavy atom. The summed E-state index contributed by atoms with van der Waals surface area (Å²) in [6.07, 6.45) is -0.956. The Kier molecular flexibility index (Phi) is 20.2. The molecule has 0 spiro atoms. The molecule has 8 N–H and O–H groups in total. The Labute approximate surface area is 298 Å². The van der Waals surface area contributed by atoms with Gasteiger partial charge in [-0.25, -0.2) is 0 Å². The third-order valence-corrected chi connectivity index (χ3v) is 7.73. The molecule has 0 heterocycles. The number of hydrogen-bond donors (Lipinski definition) is 8. The average Bonchev–Trinajstić information content (AvgIpc) is 3.04. The molecule has 18 nitrogen and oxygen atoms in total. The number of carboxylic acid groups (broad SMARTS) is 5. The molecule has 18 heteroatoms. The van der Waals surface area contributed by atoms with Gasteiger partial charge < -0.3 is 41.5 Å². The molecule has 0 bridgehead atoms. The minimum atomic E-state index is -1.60. The predicted molar refractivity (Wildman–Crippen MR) is 178 cm³/mol. The van der Waals surface area contributed by atoms with Crippen molar-refractivity contribution in [3.63, 3.8) is 0 Å². The third kappa shape index (κ3) is 20.1. The van der Waals surface area contributed by atoms with Crippen LogP contribution in [0.1, 0.15) is 81.8 Å². The van der Waals surface area contributed by atoms with E-state index < -0.39 is 91.1 Å². The maximum Gasteiger partial charge on any atom is 0.322 e. The highest BCUT2D eigenvalue weighted by atomic mass is 16.4. The number of carboxylic acids is 5. The van der Waals surface area contributed by atoms with Crippen molar-refractivity contribution in [3.8, 4) is 0 Å². The van der Waals surface area contributed by atoms with Gasteiger partial charge in [0.05, 0.1) is 43.6 Å². The van der Waals surface area contributed by atoms with Crippen molar-refractivity contribution in [1.82, 2.24) is 16.0 Å². The Bertz CT molecular complexity index is 1460. The average molecular weight is 736 g/mol. The highest BCUT2D eigenvalue weighted by molar-refractivity contribution is 5.96. The summed E-state index contributed by atoms with van der Waals surface area (Å²) in [6.45, 7) is -0.557. The molecular weight excluding hydrogens is 690 g/mol. The second-order valence-corrected chi connectivity index (χ2v) is 12.2. The summed E-state index contributed by atoms with van der Waals surface area (Å²) < 4.78 is 0. The van der Waals surface area contributed by atoms with Gasteiger partial charge in [0.25, 0.3) is 0 Å². The molecule has 52 heavy (non-hydrogen) atoms. The van der Waals surface area contributed by atoms with E-state index in [-0.39, 0.29) is 56.8 Å². The van der Waals surface area contributed by atoms with Crippen LogP contribution in [0.2, 0.25) is 0 Å². The van der Waals surface area contributed by atoms with Crippen LogP contribution in [0.25, 0.3) is 0 Å². The number of hydrogen-bond acceptors (Lipinski definition) is 10. The lowest BCUT2D eigenvalue weighted by atomic mass is 9.93. The number of nitrogens with one attached hydrogen (secondary N) is 3. The van der Waals surface area contributed by atoms with Crippen LogP contribution in [0.3, 0.4) is 0 Å². The van der Waals surface area contributed by atoms with Crippen LogP contribution < -0.4 is 16.0 Å². The molecule has 0 unspecified atom stereocenters. The van der Waals surface area contributed by atoms with Crippen molar-refractivity contribution in [2.45, 2.75) is 89.5 Å². The summed E-state index contributed by atoms with van der Waals surface area (Å²) in [5.74, 6) is -12.0. The number of carbonyl (C=O) groups excluding carboxylic acids is 5. The van der Waals surface area contributed by atoms with Crippen LogP contribution >= 0.6 is 0 Å². The number of amides is 3. The molecule has 0 aliphatic carbocycles. The first-order chi connectivity index (χ1) is 24.5. The first kappa shape index (κ1) is 44.3. The number of carbonyl (C=O) groups is 10. The standard InChI is InChI=1S/C34H45N3O15/c38-24(6-1-2-7-29(42)43)15-22(34(51)52)5-3-4-12-35-27(40)13-20-8-10-21(11-9-20)14-28(41)37-25(18-31(46)47)26(39)16-23(17-30(44)45)33(50)36-19-32(48)49/h8-11,22-23,25H,1-7,12-19H2,(H,35,40)(H,36,50)(H,37,41)(H,42,43)(H,44,45)(H,46,47)(H,48,49)(H,51,52)/t22-,23+,25+/m1/s1. The fourth-order valence-corrected chi connectivity index (χ4v) is 5.07. The van der Waals surface area contributed by atoms with Crippen LogP contribution in [0.5, 0.6) is 0 Å². The summed E-state index contributed by atoms with van der Waals surface area (Å²) in [5.41, 5.74) is 1.05. The highest BCUT2D eigenvalue weighted by Gasteiger charge is 2.31. The first-order valence-electron chi connectivity index (χ1n) is 16.5.